The summed E-state index contributed by atoms with van der Waals surface area (Å²) in [5.74, 6) is -0.313. The van der Waals surface area contributed by atoms with E-state index in [1.165, 1.54) is 12.6 Å². The van der Waals surface area contributed by atoms with Crippen molar-refractivity contribution in [3.05, 3.63) is 36.0 Å². The number of anilines is 2. The predicted octanol–water partition coefficient (Wildman–Crippen LogP) is 2.54. The molecule has 1 aromatic rings. The van der Waals surface area contributed by atoms with Gasteiger partial charge in [0.2, 0.25) is 0 Å². The number of nitrogens with one attached hydrogen (secondary N) is 2. The number of hydrogen-bond donors (Lipinski definition) is 3. The first-order valence-electron chi connectivity index (χ1n) is 7.22. The fourth-order valence-corrected chi connectivity index (χ4v) is 2.39. The Kier molecular flexibility index (Phi) is 5.22. The average molecular weight is 284 g/mol. The SMILES string of the molecule is N#C/C(=C/Nc1ccc(N)cc1)C(=O)NC1CCCCC1. The van der Waals surface area contributed by atoms with Crippen LogP contribution in [0.25, 0.3) is 0 Å². The summed E-state index contributed by atoms with van der Waals surface area (Å²) >= 11 is 0. The molecule has 4 N–H and O–H groups in total. The molecule has 0 aliphatic heterocycles. The zero-order valence-electron chi connectivity index (χ0n) is 11.9. The van der Waals surface area contributed by atoms with E-state index in [0.29, 0.717) is 5.69 Å². The average Bonchev–Trinajstić information content (AvgIpc) is 2.51. The van der Waals surface area contributed by atoms with Crippen LogP contribution in [-0.2, 0) is 4.79 Å². The zero-order valence-corrected chi connectivity index (χ0v) is 11.9. The normalized spacial score (nSPS) is 16.0. The second-order valence-electron chi connectivity index (χ2n) is 5.24. The van der Waals surface area contributed by atoms with Crippen molar-refractivity contribution in [1.29, 1.82) is 5.26 Å². The summed E-state index contributed by atoms with van der Waals surface area (Å²) in [6, 6.07) is 9.22. The Bertz CT molecular complexity index is 551. The van der Waals surface area contributed by atoms with Gasteiger partial charge in [-0.05, 0) is 37.1 Å². The van der Waals surface area contributed by atoms with E-state index < -0.39 is 0 Å². The molecule has 1 aliphatic rings. The molecule has 1 fully saturated rings. The molecule has 1 aromatic carbocycles. The number of nitrogens with zero attached hydrogens (tertiary/aromatic N) is 1. The number of carbonyl (C=O) groups excluding carboxylic acids is 1. The van der Waals surface area contributed by atoms with E-state index >= 15 is 0 Å². The topological polar surface area (TPSA) is 90.9 Å². The van der Waals surface area contributed by atoms with Crippen LogP contribution in [0.15, 0.2) is 36.0 Å². The summed E-state index contributed by atoms with van der Waals surface area (Å²) in [6.07, 6.45) is 6.93. The first-order valence-corrected chi connectivity index (χ1v) is 7.22. The number of carbonyl (C=O) groups is 1. The summed E-state index contributed by atoms with van der Waals surface area (Å²) in [7, 11) is 0. The molecule has 0 aromatic heterocycles. The van der Waals surface area contributed by atoms with Crippen LogP contribution < -0.4 is 16.4 Å². The maximum Gasteiger partial charge on any atom is 0.263 e. The molecule has 5 heteroatoms. The lowest BCUT2D eigenvalue weighted by Gasteiger charge is -2.22. The van der Waals surface area contributed by atoms with Crippen molar-refractivity contribution in [3.8, 4) is 6.07 Å². The minimum Gasteiger partial charge on any atom is -0.399 e. The van der Waals surface area contributed by atoms with E-state index in [9.17, 15) is 4.79 Å². The van der Waals surface area contributed by atoms with Crippen LogP contribution >= 0.6 is 0 Å². The highest BCUT2D eigenvalue weighted by Crippen LogP contribution is 2.17. The number of amides is 1. The van der Waals surface area contributed by atoms with Gasteiger partial charge in [0.1, 0.15) is 11.6 Å². The largest absolute Gasteiger partial charge is 0.399 e. The second kappa shape index (κ2) is 7.34. The Morgan fingerprint density at radius 2 is 1.90 bits per heavy atom. The van der Waals surface area contributed by atoms with E-state index in [0.717, 1.165) is 31.4 Å². The third kappa shape index (κ3) is 4.53. The number of nitriles is 1. The van der Waals surface area contributed by atoms with Crippen molar-refractivity contribution in [2.45, 2.75) is 38.1 Å². The molecule has 0 bridgehead atoms. The predicted molar refractivity (Wildman–Crippen MR) is 83.2 cm³/mol. The molecule has 2 rings (SSSR count). The van der Waals surface area contributed by atoms with Gasteiger partial charge in [0.05, 0.1) is 0 Å². The lowest BCUT2D eigenvalue weighted by molar-refractivity contribution is -0.118. The first-order chi connectivity index (χ1) is 10.2. The minimum absolute atomic E-state index is 0.0809. The Balaban J connectivity index is 1.94. The Morgan fingerprint density at radius 3 is 2.52 bits per heavy atom. The van der Waals surface area contributed by atoms with Crippen molar-refractivity contribution in [1.82, 2.24) is 5.32 Å². The van der Waals surface area contributed by atoms with Crippen molar-refractivity contribution in [3.63, 3.8) is 0 Å². The molecule has 1 saturated carbocycles. The molecule has 21 heavy (non-hydrogen) atoms. The Hall–Kier alpha value is -2.48. The summed E-state index contributed by atoms with van der Waals surface area (Å²) in [5, 5.41) is 15.0. The Labute approximate surface area is 124 Å². The minimum atomic E-state index is -0.313. The zero-order chi connectivity index (χ0) is 15.1. The molecule has 110 valence electrons. The number of benzene rings is 1. The third-order valence-corrected chi connectivity index (χ3v) is 3.60. The van der Waals surface area contributed by atoms with Crippen molar-refractivity contribution >= 4 is 17.3 Å². The van der Waals surface area contributed by atoms with Crippen LogP contribution in [0.3, 0.4) is 0 Å². The van der Waals surface area contributed by atoms with Gasteiger partial charge < -0.3 is 16.4 Å². The smallest absolute Gasteiger partial charge is 0.263 e. The number of rotatable bonds is 4. The van der Waals surface area contributed by atoms with Gasteiger partial charge in [-0.25, -0.2) is 0 Å². The quantitative estimate of drug-likeness (QED) is 0.450. The third-order valence-electron chi connectivity index (χ3n) is 3.60. The van der Waals surface area contributed by atoms with Crippen molar-refractivity contribution in [2.24, 2.45) is 0 Å². The lowest BCUT2D eigenvalue weighted by atomic mass is 9.95. The van der Waals surface area contributed by atoms with E-state index in [4.69, 9.17) is 11.0 Å². The lowest BCUT2D eigenvalue weighted by Crippen LogP contribution is -2.37. The van der Waals surface area contributed by atoms with E-state index in [1.807, 2.05) is 6.07 Å². The van der Waals surface area contributed by atoms with Gasteiger partial charge >= 0.3 is 0 Å². The van der Waals surface area contributed by atoms with Gasteiger partial charge in [-0.15, -0.1) is 0 Å². The van der Waals surface area contributed by atoms with Crippen molar-refractivity contribution < 1.29 is 4.79 Å². The van der Waals surface area contributed by atoms with E-state index in [-0.39, 0.29) is 17.5 Å². The van der Waals surface area contributed by atoms with E-state index in [1.54, 1.807) is 24.3 Å². The molecular weight excluding hydrogens is 264 g/mol. The second-order valence-corrected chi connectivity index (χ2v) is 5.24. The van der Waals surface area contributed by atoms with Gasteiger partial charge in [0.25, 0.3) is 5.91 Å². The molecule has 1 amide bonds. The van der Waals surface area contributed by atoms with Gasteiger partial charge in [-0.2, -0.15) is 5.26 Å². The highest BCUT2D eigenvalue weighted by molar-refractivity contribution is 5.97. The maximum absolute atomic E-state index is 12.1. The molecule has 0 heterocycles. The molecule has 0 saturated heterocycles. The molecule has 5 nitrogen and oxygen atoms in total. The van der Waals surface area contributed by atoms with Gasteiger partial charge in [0, 0.05) is 23.6 Å². The molecule has 0 unspecified atom stereocenters. The highest BCUT2D eigenvalue weighted by Gasteiger charge is 2.17. The van der Waals surface area contributed by atoms with Crippen LogP contribution in [-0.4, -0.2) is 11.9 Å². The summed E-state index contributed by atoms with van der Waals surface area (Å²) in [6.45, 7) is 0. The highest BCUT2D eigenvalue weighted by atomic mass is 16.1. The van der Waals surface area contributed by atoms with Crippen LogP contribution in [0.5, 0.6) is 0 Å². The Morgan fingerprint density at radius 1 is 1.24 bits per heavy atom. The standard InChI is InChI=1S/C16H20N4O/c17-10-12(11-19-14-8-6-13(18)7-9-14)16(21)20-15-4-2-1-3-5-15/h6-9,11,15,19H,1-5,18H2,(H,20,21)/b12-11-. The number of nitrogen functional groups attached to an aromatic ring is 1. The van der Waals surface area contributed by atoms with Crippen LogP contribution in [0.2, 0.25) is 0 Å². The van der Waals surface area contributed by atoms with Gasteiger partial charge in [0.15, 0.2) is 0 Å². The molecule has 0 spiro atoms. The fraction of sp³-hybridized carbons (Fsp3) is 0.375. The number of hydrogen-bond acceptors (Lipinski definition) is 4. The number of nitrogens with two attached hydrogens (primary N) is 1. The first kappa shape index (κ1) is 14.9. The summed E-state index contributed by atoms with van der Waals surface area (Å²) < 4.78 is 0. The fourth-order valence-electron chi connectivity index (χ4n) is 2.39. The molecule has 0 radical (unpaired) electrons. The van der Waals surface area contributed by atoms with Crippen LogP contribution in [0.4, 0.5) is 11.4 Å². The van der Waals surface area contributed by atoms with Crippen LogP contribution in [0, 0.1) is 11.3 Å². The van der Waals surface area contributed by atoms with Gasteiger partial charge in [-0.1, -0.05) is 19.3 Å². The van der Waals surface area contributed by atoms with Crippen molar-refractivity contribution in [2.75, 3.05) is 11.1 Å². The monoisotopic (exact) mass is 284 g/mol. The molecule has 1 aliphatic carbocycles. The maximum atomic E-state index is 12.1. The van der Waals surface area contributed by atoms with Gasteiger partial charge in [-0.3, -0.25) is 4.79 Å². The molecule has 0 atom stereocenters. The van der Waals surface area contributed by atoms with Crippen LogP contribution in [0.1, 0.15) is 32.1 Å². The van der Waals surface area contributed by atoms with E-state index in [2.05, 4.69) is 10.6 Å². The summed E-state index contributed by atoms with van der Waals surface area (Å²) in [4.78, 5) is 12.1. The summed E-state index contributed by atoms with van der Waals surface area (Å²) in [5.41, 5.74) is 7.13. The molecular formula is C16H20N4O.